The maximum absolute atomic E-state index is 13.5. The highest BCUT2D eigenvalue weighted by Gasteiger charge is 2.26. The number of carbonyl (C=O) groups is 1. The monoisotopic (exact) mass is 425 g/mol. The van der Waals surface area contributed by atoms with Crippen molar-refractivity contribution in [1.82, 2.24) is 15.5 Å². The molecule has 5 nitrogen and oxygen atoms in total. The third-order valence-corrected chi connectivity index (χ3v) is 6.53. The summed E-state index contributed by atoms with van der Waals surface area (Å²) in [6.45, 7) is 4.16. The molecule has 1 aliphatic heterocycles. The number of piperazine rings is 1. The molecule has 0 radical (unpaired) electrons. The number of carbonyl (C=O) groups excluding carboxylic acids is 1. The fourth-order valence-electron chi connectivity index (χ4n) is 4.70. The van der Waals surface area contributed by atoms with Crippen molar-refractivity contribution in [3.63, 3.8) is 0 Å². The number of hydrogen-bond acceptors (Lipinski definition) is 4. The lowest BCUT2D eigenvalue weighted by molar-refractivity contribution is 0.0736. The summed E-state index contributed by atoms with van der Waals surface area (Å²) in [7, 11) is 1.49. The first-order valence-electron chi connectivity index (χ1n) is 11.3. The molecular weight excluding hydrogens is 393 g/mol. The molecule has 0 bridgehead atoms. The van der Waals surface area contributed by atoms with E-state index in [2.05, 4.69) is 22.8 Å². The molecule has 4 rings (SSSR count). The van der Waals surface area contributed by atoms with Gasteiger partial charge in [-0.1, -0.05) is 18.2 Å². The Kier molecular flexibility index (Phi) is 7.20. The van der Waals surface area contributed by atoms with Crippen LogP contribution in [0.2, 0.25) is 0 Å². The van der Waals surface area contributed by atoms with Crippen LogP contribution in [0.3, 0.4) is 0 Å². The minimum Gasteiger partial charge on any atom is -0.494 e. The highest BCUT2D eigenvalue weighted by Crippen LogP contribution is 2.34. The Morgan fingerprint density at radius 2 is 1.94 bits per heavy atom. The Hall–Kier alpha value is -2.44. The molecule has 6 heteroatoms. The van der Waals surface area contributed by atoms with E-state index in [0.717, 1.165) is 69.5 Å². The van der Waals surface area contributed by atoms with Gasteiger partial charge in [0.05, 0.1) is 7.11 Å². The molecule has 2 aliphatic rings. The van der Waals surface area contributed by atoms with E-state index in [1.807, 2.05) is 23.1 Å². The molecule has 2 atom stereocenters. The lowest BCUT2D eigenvalue weighted by Crippen LogP contribution is -2.46. The molecule has 2 aromatic rings. The van der Waals surface area contributed by atoms with Gasteiger partial charge in [0.15, 0.2) is 11.6 Å². The van der Waals surface area contributed by atoms with E-state index in [9.17, 15) is 9.18 Å². The highest BCUT2D eigenvalue weighted by molar-refractivity contribution is 5.94. The lowest BCUT2D eigenvalue weighted by atomic mass is 9.96. The number of halogens is 1. The summed E-state index contributed by atoms with van der Waals surface area (Å²) in [5, 5.41) is 6.94. The summed E-state index contributed by atoms with van der Waals surface area (Å²) < 4.78 is 18.6. The molecule has 1 amide bonds. The Balaban J connectivity index is 1.25. The van der Waals surface area contributed by atoms with Gasteiger partial charge in [0.25, 0.3) is 5.91 Å². The molecule has 0 unspecified atom stereocenters. The van der Waals surface area contributed by atoms with E-state index in [0.29, 0.717) is 17.7 Å². The van der Waals surface area contributed by atoms with Crippen molar-refractivity contribution < 1.29 is 13.9 Å². The SMILES string of the molecule is COc1cc(CCN[C@H]2CC[C@@H](c3ccc(C(=O)N4CCNCC4)cc3)C2)ccc1F. The zero-order valence-electron chi connectivity index (χ0n) is 18.2. The summed E-state index contributed by atoms with van der Waals surface area (Å²) >= 11 is 0. The molecule has 1 saturated heterocycles. The van der Waals surface area contributed by atoms with Gasteiger partial charge >= 0.3 is 0 Å². The zero-order chi connectivity index (χ0) is 21.6. The summed E-state index contributed by atoms with van der Waals surface area (Å²) in [6.07, 6.45) is 4.27. The topological polar surface area (TPSA) is 53.6 Å². The molecule has 2 fully saturated rings. The summed E-state index contributed by atoms with van der Waals surface area (Å²) in [6, 6.07) is 13.8. The van der Waals surface area contributed by atoms with Crippen LogP contribution in [-0.4, -0.2) is 56.7 Å². The molecule has 0 aromatic heterocycles. The van der Waals surface area contributed by atoms with Crippen LogP contribution in [0, 0.1) is 5.82 Å². The molecule has 166 valence electrons. The maximum Gasteiger partial charge on any atom is 0.253 e. The first-order chi connectivity index (χ1) is 15.1. The highest BCUT2D eigenvalue weighted by atomic mass is 19.1. The van der Waals surface area contributed by atoms with Gasteiger partial charge in [-0.3, -0.25) is 4.79 Å². The summed E-state index contributed by atoms with van der Waals surface area (Å²) in [4.78, 5) is 14.6. The van der Waals surface area contributed by atoms with Gasteiger partial charge < -0.3 is 20.3 Å². The number of hydrogen-bond donors (Lipinski definition) is 2. The van der Waals surface area contributed by atoms with Gasteiger partial charge in [-0.2, -0.15) is 0 Å². The summed E-state index contributed by atoms with van der Waals surface area (Å²) in [5.74, 6) is 0.652. The van der Waals surface area contributed by atoms with E-state index in [4.69, 9.17) is 4.74 Å². The third kappa shape index (κ3) is 5.43. The van der Waals surface area contributed by atoms with Gasteiger partial charge in [0.1, 0.15) is 0 Å². The van der Waals surface area contributed by atoms with E-state index in [-0.39, 0.29) is 11.7 Å². The van der Waals surface area contributed by atoms with Crippen molar-refractivity contribution in [2.75, 3.05) is 39.8 Å². The molecule has 31 heavy (non-hydrogen) atoms. The molecule has 1 saturated carbocycles. The predicted octanol–water partition coefficient (Wildman–Crippen LogP) is 3.35. The Bertz CT molecular complexity index is 881. The number of ether oxygens (including phenoxy) is 1. The largest absolute Gasteiger partial charge is 0.494 e. The standard InChI is InChI=1S/C25H32FN3O2/c1-31-24-16-18(2-9-23(24)26)10-11-28-22-8-7-21(17-22)19-3-5-20(6-4-19)25(30)29-14-12-27-13-15-29/h2-6,9,16,21-22,27-28H,7-8,10-15,17H2,1H3/t21-,22+/m1/s1. The third-order valence-electron chi connectivity index (χ3n) is 6.53. The molecule has 1 heterocycles. The van der Waals surface area contributed by atoms with Crippen LogP contribution >= 0.6 is 0 Å². The van der Waals surface area contributed by atoms with Crippen molar-refractivity contribution in [2.24, 2.45) is 0 Å². The van der Waals surface area contributed by atoms with Crippen LogP contribution in [0.5, 0.6) is 5.75 Å². The predicted molar refractivity (Wildman–Crippen MR) is 120 cm³/mol. The molecule has 2 aromatic carbocycles. The van der Waals surface area contributed by atoms with Crippen LogP contribution in [0.15, 0.2) is 42.5 Å². The smallest absolute Gasteiger partial charge is 0.253 e. The van der Waals surface area contributed by atoms with Gasteiger partial charge in [0, 0.05) is 37.8 Å². The average molecular weight is 426 g/mol. The minimum atomic E-state index is -0.321. The quantitative estimate of drug-likeness (QED) is 0.714. The number of nitrogens with one attached hydrogen (secondary N) is 2. The van der Waals surface area contributed by atoms with E-state index in [1.54, 1.807) is 6.07 Å². The molecule has 1 aliphatic carbocycles. The first-order valence-corrected chi connectivity index (χ1v) is 11.3. The van der Waals surface area contributed by atoms with Crippen molar-refractivity contribution in [3.8, 4) is 5.75 Å². The Labute approximate surface area is 184 Å². The van der Waals surface area contributed by atoms with Crippen molar-refractivity contribution in [2.45, 2.75) is 37.6 Å². The van der Waals surface area contributed by atoms with Crippen LogP contribution in [0.25, 0.3) is 0 Å². The van der Waals surface area contributed by atoms with E-state index < -0.39 is 0 Å². The number of benzene rings is 2. The van der Waals surface area contributed by atoms with Gasteiger partial charge in [-0.15, -0.1) is 0 Å². The van der Waals surface area contributed by atoms with Crippen molar-refractivity contribution >= 4 is 5.91 Å². The van der Waals surface area contributed by atoms with Crippen LogP contribution < -0.4 is 15.4 Å². The number of rotatable bonds is 7. The normalized spacial score (nSPS) is 21.3. The van der Waals surface area contributed by atoms with E-state index >= 15 is 0 Å². The lowest BCUT2D eigenvalue weighted by Gasteiger charge is -2.27. The van der Waals surface area contributed by atoms with Gasteiger partial charge in [0.2, 0.25) is 0 Å². The zero-order valence-corrected chi connectivity index (χ0v) is 18.2. The maximum atomic E-state index is 13.5. The average Bonchev–Trinajstić information content (AvgIpc) is 3.29. The second kappa shape index (κ2) is 10.2. The second-order valence-corrected chi connectivity index (χ2v) is 8.54. The second-order valence-electron chi connectivity index (χ2n) is 8.54. The van der Waals surface area contributed by atoms with Gasteiger partial charge in [-0.05, 0) is 73.5 Å². The molecule has 2 N–H and O–H groups in total. The van der Waals surface area contributed by atoms with Crippen molar-refractivity contribution in [1.29, 1.82) is 0 Å². The number of methoxy groups -OCH3 is 1. The summed E-state index contributed by atoms with van der Waals surface area (Å²) in [5.41, 5.74) is 3.18. The number of nitrogens with zero attached hydrogens (tertiary/aromatic N) is 1. The van der Waals surface area contributed by atoms with Crippen molar-refractivity contribution in [3.05, 3.63) is 65.0 Å². The Morgan fingerprint density at radius 3 is 2.68 bits per heavy atom. The molecule has 0 spiro atoms. The Morgan fingerprint density at radius 1 is 1.16 bits per heavy atom. The van der Waals surface area contributed by atoms with Crippen LogP contribution in [0.1, 0.15) is 46.7 Å². The first kappa shape index (κ1) is 21.8. The van der Waals surface area contributed by atoms with E-state index in [1.165, 1.54) is 18.7 Å². The van der Waals surface area contributed by atoms with Crippen LogP contribution in [0.4, 0.5) is 4.39 Å². The minimum absolute atomic E-state index is 0.136. The van der Waals surface area contributed by atoms with Crippen LogP contribution in [-0.2, 0) is 6.42 Å². The van der Waals surface area contributed by atoms with Gasteiger partial charge in [-0.25, -0.2) is 4.39 Å². The fourth-order valence-corrected chi connectivity index (χ4v) is 4.70. The number of amides is 1. The fraction of sp³-hybridized carbons (Fsp3) is 0.480. The molecular formula is C25H32FN3O2.